The molecular weight excluding hydrogens is 400 g/mol. The van der Waals surface area contributed by atoms with Crippen LogP contribution in [0.25, 0.3) is 0 Å². The molecule has 0 aliphatic carbocycles. The van der Waals surface area contributed by atoms with E-state index in [0.29, 0.717) is 12.1 Å². The lowest BCUT2D eigenvalue weighted by Crippen LogP contribution is -2.32. The molecule has 0 fully saturated rings. The second-order valence-electron chi connectivity index (χ2n) is 6.16. The molecule has 0 saturated heterocycles. The number of anilines is 2. The van der Waals surface area contributed by atoms with E-state index in [2.05, 4.69) is 20.6 Å². The second-order valence-corrected chi connectivity index (χ2v) is 7.56. The highest BCUT2D eigenvalue weighted by Crippen LogP contribution is 2.20. The lowest BCUT2D eigenvalue weighted by molar-refractivity contribution is -0.141. The lowest BCUT2D eigenvalue weighted by atomic mass is 10.1. The summed E-state index contributed by atoms with van der Waals surface area (Å²) in [5.41, 5.74) is 2.65. The molecule has 1 aromatic heterocycles. The van der Waals surface area contributed by atoms with Crippen molar-refractivity contribution < 1.29 is 14.3 Å². The van der Waals surface area contributed by atoms with Crippen molar-refractivity contribution in [3.05, 3.63) is 46.2 Å². The van der Waals surface area contributed by atoms with Crippen LogP contribution in [0.1, 0.15) is 28.0 Å². The summed E-state index contributed by atoms with van der Waals surface area (Å²) >= 11 is 7.74. The first-order chi connectivity index (χ1) is 13.3. The average molecular weight is 423 g/mol. The molecular formula is C19H23ClN4O3S. The standard InChI is InChI=1S/C19H23ClN4O3S/c1-11-5-6-12(2)15(9-11)22-17(25)16-13(20)10-21-19(24-16)23-14(7-8-28-4)18(26)27-3/h5-6,9-10,14H,7-8H2,1-4H3,(H,22,25)(H,21,23,24)/t14-/m1/s1. The number of nitrogens with zero attached hydrogens (tertiary/aromatic N) is 2. The maximum absolute atomic E-state index is 12.7. The zero-order valence-electron chi connectivity index (χ0n) is 16.2. The van der Waals surface area contributed by atoms with Gasteiger partial charge in [0.1, 0.15) is 6.04 Å². The van der Waals surface area contributed by atoms with Crippen LogP contribution in [-0.2, 0) is 9.53 Å². The van der Waals surface area contributed by atoms with Gasteiger partial charge in [-0.3, -0.25) is 4.79 Å². The Balaban J connectivity index is 2.22. The SMILES string of the molecule is COC(=O)[C@@H](CCSC)Nc1ncc(Cl)c(C(=O)Nc2cc(C)ccc2C)n1. The maximum atomic E-state index is 12.7. The number of hydrogen-bond acceptors (Lipinski definition) is 7. The number of carbonyl (C=O) groups is 2. The molecule has 0 radical (unpaired) electrons. The average Bonchev–Trinajstić information content (AvgIpc) is 2.68. The Bertz CT molecular complexity index is 863. The fourth-order valence-electron chi connectivity index (χ4n) is 2.43. The minimum Gasteiger partial charge on any atom is -0.467 e. The Kier molecular flexibility index (Phi) is 8.07. The monoisotopic (exact) mass is 422 g/mol. The number of thioether (sulfide) groups is 1. The number of rotatable bonds is 8. The van der Waals surface area contributed by atoms with Gasteiger partial charge in [0.15, 0.2) is 5.69 Å². The van der Waals surface area contributed by atoms with Gasteiger partial charge >= 0.3 is 5.97 Å². The zero-order chi connectivity index (χ0) is 20.7. The number of benzene rings is 1. The van der Waals surface area contributed by atoms with Crippen LogP contribution in [-0.4, -0.2) is 47.0 Å². The highest BCUT2D eigenvalue weighted by atomic mass is 35.5. The molecule has 0 unspecified atom stereocenters. The summed E-state index contributed by atoms with van der Waals surface area (Å²) < 4.78 is 4.81. The van der Waals surface area contributed by atoms with Gasteiger partial charge in [0, 0.05) is 5.69 Å². The predicted octanol–water partition coefficient (Wildman–Crippen LogP) is 3.71. The molecule has 1 amide bonds. The normalized spacial score (nSPS) is 11.6. The molecule has 0 saturated carbocycles. The van der Waals surface area contributed by atoms with Crippen molar-refractivity contribution in [1.29, 1.82) is 0 Å². The van der Waals surface area contributed by atoms with E-state index in [1.807, 2.05) is 38.3 Å². The van der Waals surface area contributed by atoms with E-state index in [4.69, 9.17) is 16.3 Å². The highest BCUT2D eigenvalue weighted by molar-refractivity contribution is 7.98. The Morgan fingerprint density at radius 1 is 1.32 bits per heavy atom. The number of ether oxygens (including phenoxy) is 1. The lowest BCUT2D eigenvalue weighted by Gasteiger charge is -2.16. The molecule has 7 nitrogen and oxygen atoms in total. The molecule has 2 rings (SSSR count). The van der Waals surface area contributed by atoms with E-state index in [9.17, 15) is 9.59 Å². The molecule has 2 N–H and O–H groups in total. The number of carbonyl (C=O) groups excluding carboxylic acids is 2. The number of methoxy groups -OCH3 is 1. The quantitative estimate of drug-likeness (QED) is 0.626. The van der Waals surface area contributed by atoms with Crippen molar-refractivity contribution in [2.24, 2.45) is 0 Å². The van der Waals surface area contributed by atoms with Crippen LogP contribution in [0, 0.1) is 13.8 Å². The van der Waals surface area contributed by atoms with Gasteiger partial charge in [-0.15, -0.1) is 0 Å². The minimum atomic E-state index is -0.617. The largest absolute Gasteiger partial charge is 0.467 e. The van der Waals surface area contributed by atoms with Crippen LogP contribution >= 0.6 is 23.4 Å². The van der Waals surface area contributed by atoms with Crippen LogP contribution in [0.2, 0.25) is 5.02 Å². The van der Waals surface area contributed by atoms with Crippen molar-refractivity contribution in [3.8, 4) is 0 Å². The van der Waals surface area contributed by atoms with Gasteiger partial charge in [-0.2, -0.15) is 11.8 Å². The van der Waals surface area contributed by atoms with E-state index in [-0.39, 0.29) is 16.7 Å². The van der Waals surface area contributed by atoms with Crippen molar-refractivity contribution in [2.75, 3.05) is 29.8 Å². The van der Waals surface area contributed by atoms with Crippen LogP contribution in [0.15, 0.2) is 24.4 Å². The molecule has 0 aliphatic heterocycles. The van der Waals surface area contributed by atoms with E-state index < -0.39 is 17.9 Å². The summed E-state index contributed by atoms with van der Waals surface area (Å²) in [7, 11) is 1.32. The van der Waals surface area contributed by atoms with E-state index in [1.165, 1.54) is 13.3 Å². The summed E-state index contributed by atoms with van der Waals surface area (Å²) in [6, 6.07) is 5.14. The van der Waals surface area contributed by atoms with Crippen molar-refractivity contribution in [1.82, 2.24) is 9.97 Å². The van der Waals surface area contributed by atoms with E-state index in [1.54, 1.807) is 11.8 Å². The number of nitrogens with one attached hydrogen (secondary N) is 2. The summed E-state index contributed by atoms with van der Waals surface area (Å²) in [6.45, 7) is 3.84. The topological polar surface area (TPSA) is 93.2 Å². The van der Waals surface area contributed by atoms with Crippen molar-refractivity contribution >= 4 is 46.9 Å². The molecule has 28 heavy (non-hydrogen) atoms. The predicted molar refractivity (Wildman–Crippen MR) is 113 cm³/mol. The Hall–Kier alpha value is -2.32. The van der Waals surface area contributed by atoms with Gasteiger partial charge in [0.25, 0.3) is 5.91 Å². The number of aromatic nitrogens is 2. The molecule has 150 valence electrons. The van der Waals surface area contributed by atoms with Gasteiger partial charge < -0.3 is 15.4 Å². The van der Waals surface area contributed by atoms with E-state index >= 15 is 0 Å². The molecule has 1 heterocycles. The van der Waals surface area contributed by atoms with Crippen molar-refractivity contribution in [2.45, 2.75) is 26.3 Å². The third kappa shape index (κ3) is 5.84. The Morgan fingerprint density at radius 2 is 2.07 bits per heavy atom. The number of hydrogen-bond donors (Lipinski definition) is 2. The first-order valence-corrected chi connectivity index (χ1v) is 10.4. The molecule has 0 spiro atoms. The van der Waals surface area contributed by atoms with Crippen LogP contribution in [0.4, 0.5) is 11.6 Å². The van der Waals surface area contributed by atoms with Crippen molar-refractivity contribution in [3.63, 3.8) is 0 Å². The fourth-order valence-corrected chi connectivity index (χ4v) is 3.08. The van der Waals surface area contributed by atoms with Gasteiger partial charge in [-0.05, 0) is 49.5 Å². The van der Waals surface area contributed by atoms with Crippen LogP contribution in [0.3, 0.4) is 0 Å². The maximum Gasteiger partial charge on any atom is 0.328 e. The number of esters is 1. The molecule has 0 aliphatic rings. The van der Waals surface area contributed by atoms with E-state index in [0.717, 1.165) is 16.9 Å². The Labute approximate surface area is 173 Å². The van der Waals surface area contributed by atoms with Gasteiger partial charge in [-0.25, -0.2) is 14.8 Å². The molecule has 9 heteroatoms. The first kappa shape index (κ1) is 22.0. The van der Waals surface area contributed by atoms with Gasteiger partial charge in [0.05, 0.1) is 18.3 Å². The van der Waals surface area contributed by atoms with Crippen LogP contribution in [0.5, 0.6) is 0 Å². The summed E-state index contributed by atoms with van der Waals surface area (Å²) in [5.74, 6) is 0.00393. The third-order valence-electron chi connectivity index (χ3n) is 4.00. The van der Waals surface area contributed by atoms with Gasteiger partial charge in [0.2, 0.25) is 5.95 Å². The fraction of sp³-hybridized carbons (Fsp3) is 0.368. The molecule has 0 bridgehead atoms. The molecule has 1 atom stereocenters. The molecule has 1 aromatic carbocycles. The van der Waals surface area contributed by atoms with Gasteiger partial charge in [-0.1, -0.05) is 23.7 Å². The second kappa shape index (κ2) is 10.3. The summed E-state index contributed by atoms with van der Waals surface area (Å²) in [4.78, 5) is 32.9. The third-order valence-corrected chi connectivity index (χ3v) is 4.92. The summed E-state index contributed by atoms with van der Waals surface area (Å²) in [5, 5.41) is 5.86. The van der Waals surface area contributed by atoms with Crippen LogP contribution < -0.4 is 10.6 Å². The zero-order valence-corrected chi connectivity index (χ0v) is 17.8. The highest BCUT2D eigenvalue weighted by Gasteiger charge is 2.21. The number of halogens is 1. The molecule has 2 aromatic rings. The number of aryl methyl sites for hydroxylation is 2. The minimum absolute atomic E-state index is 0.0218. The Morgan fingerprint density at radius 3 is 2.75 bits per heavy atom. The summed E-state index contributed by atoms with van der Waals surface area (Å²) in [6.07, 6.45) is 3.81. The number of amides is 1. The smallest absolute Gasteiger partial charge is 0.328 e. The first-order valence-electron chi connectivity index (χ1n) is 8.60.